The first-order chi connectivity index (χ1) is 6.28. The van der Waals surface area contributed by atoms with Crippen molar-refractivity contribution in [3.8, 4) is 0 Å². The third-order valence-corrected chi connectivity index (χ3v) is 3.13. The van der Waals surface area contributed by atoms with Crippen LogP contribution in [-0.4, -0.2) is 10.1 Å². The number of hydrogen-bond acceptors (Lipinski definition) is 4. The van der Waals surface area contributed by atoms with Crippen molar-refractivity contribution in [3.05, 3.63) is 11.7 Å². The van der Waals surface area contributed by atoms with E-state index in [1.165, 1.54) is 19.3 Å². The molecular weight excluding hydrogens is 202 g/mol. The minimum atomic E-state index is -0.269. The van der Waals surface area contributed by atoms with Crippen molar-refractivity contribution in [2.45, 2.75) is 43.6 Å². The highest BCUT2D eigenvalue weighted by atomic mass is 35.5. The van der Waals surface area contributed by atoms with Crippen molar-refractivity contribution in [2.24, 2.45) is 5.73 Å². The molecule has 0 spiro atoms. The van der Waals surface area contributed by atoms with Gasteiger partial charge in [-0.2, -0.15) is 4.98 Å². The van der Waals surface area contributed by atoms with Crippen LogP contribution in [0.2, 0.25) is 0 Å². The second-order valence-electron chi connectivity index (χ2n) is 4.24. The van der Waals surface area contributed by atoms with Gasteiger partial charge in [0, 0.05) is 5.92 Å². The maximum Gasteiger partial charge on any atom is 0.246 e. The van der Waals surface area contributed by atoms with E-state index < -0.39 is 0 Å². The molecule has 0 radical (unpaired) electrons. The maximum absolute atomic E-state index is 5.94. The second-order valence-corrected chi connectivity index (χ2v) is 4.24. The fourth-order valence-electron chi connectivity index (χ4n) is 1.62. The topological polar surface area (TPSA) is 64.9 Å². The van der Waals surface area contributed by atoms with Crippen LogP contribution in [0.15, 0.2) is 4.52 Å². The standard InChI is InChI=1S/C9H13N3O.ClH/c10-9(4-5-9)8-11-7(12-13-8)6-2-1-3-6;/h6H,1-5,10H2;1H. The summed E-state index contributed by atoms with van der Waals surface area (Å²) in [5.41, 5.74) is 5.68. The van der Waals surface area contributed by atoms with Gasteiger partial charge in [0.1, 0.15) is 0 Å². The van der Waals surface area contributed by atoms with E-state index in [0.717, 1.165) is 18.7 Å². The Hall–Kier alpha value is -0.610. The summed E-state index contributed by atoms with van der Waals surface area (Å²) >= 11 is 0. The van der Waals surface area contributed by atoms with Crippen LogP contribution >= 0.6 is 12.4 Å². The van der Waals surface area contributed by atoms with Crippen LogP contribution in [0.25, 0.3) is 0 Å². The molecule has 78 valence electrons. The summed E-state index contributed by atoms with van der Waals surface area (Å²) in [6.45, 7) is 0. The number of aromatic nitrogens is 2. The molecule has 0 saturated heterocycles. The van der Waals surface area contributed by atoms with Gasteiger partial charge >= 0.3 is 0 Å². The summed E-state index contributed by atoms with van der Waals surface area (Å²) in [6, 6.07) is 0. The van der Waals surface area contributed by atoms with Gasteiger partial charge in [-0.3, -0.25) is 0 Å². The van der Waals surface area contributed by atoms with E-state index in [1.54, 1.807) is 0 Å². The van der Waals surface area contributed by atoms with Crippen molar-refractivity contribution in [3.63, 3.8) is 0 Å². The highest BCUT2D eigenvalue weighted by Crippen LogP contribution is 2.43. The summed E-state index contributed by atoms with van der Waals surface area (Å²) in [6.07, 6.45) is 5.67. The van der Waals surface area contributed by atoms with Crippen molar-refractivity contribution < 1.29 is 4.52 Å². The average Bonchev–Trinajstić information content (AvgIpc) is 2.61. The van der Waals surface area contributed by atoms with Crippen LogP contribution in [0.3, 0.4) is 0 Å². The van der Waals surface area contributed by atoms with E-state index in [2.05, 4.69) is 10.1 Å². The van der Waals surface area contributed by atoms with Crippen LogP contribution in [0.5, 0.6) is 0 Å². The Morgan fingerprint density at radius 2 is 2.07 bits per heavy atom. The lowest BCUT2D eigenvalue weighted by Crippen LogP contribution is -2.19. The van der Waals surface area contributed by atoms with E-state index >= 15 is 0 Å². The Labute approximate surface area is 88.7 Å². The molecule has 2 N–H and O–H groups in total. The van der Waals surface area contributed by atoms with Gasteiger partial charge in [0.15, 0.2) is 5.82 Å². The summed E-state index contributed by atoms with van der Waals surface area (Å²) < 4.78 is 5.16. The average molecular weight is 216 g/mol. The summed E-state index contributed by atoms with van der Waals surface area (Å²) in [5, 5.41) is 3.98. The zero-order chi connectivity index (χ0) is 8.89. The third kappa shape index (κ3) is 1.42. The minimum Gasteiger partial charge on any atom is -0.337 e. The van der Waals surface area contributed by atoms with Crippen molar-refractivity contribution in [1.82, 2.24) is 10.1 Å². The molecule has 1 aromatic heterocycles. The SMILES string of the molecule is Cl.NC1(c2nc(C3CCC3)no2)CC1. The molecule has 0 atom stereocenters. The lowest BCUT2D eigenvalue weighted by molar-refractivity contribution is 0.330. The number of nitrogens with two attached hydrogens (primary N) is 1. The molecule has 0 bridgehead atoms. The van der Waals surface area contributed by atoms with E-state index in [9.17, 15) is 0 Å². The molecule has 2 aliphatic rings. The van der Waals surface area contributed by atoms with Gasteiger partial charge < -0.3 is 10.3 Å². The highest BCUT2D eigenvalue weighted by Gasteiger charge is 2.46. The minimum absolute atomic E-state index is 0. The van der Waals surface area contributed by atoms with Crippen LogP contribution in [-0.2, 0) is 5.54 Å². The first-order valence-corrected chi connectivity index (χ1v) is 4.91. The highest BCUT2D eigenvalue weighted by molar-refractivity contribution is 5.85. The molecule has 0 aromatic carbocycles. The molecular formula is C9H14ClN3O. The number of halogens is 1. The van der Waals surface area contributed by atoms with Gasteiger partial charge in [0.25, 0.3) is 0 Å². The van der Waals surface area contributed by atoms with E-state index in [1.807, 2.05) is 0 Å². The molecule has 2 fully saturated rings. The molecule has 5 heteroatoms. The Morgan fingerprint density at radius 3 is 2.57 bits per heavy atom. The van der Waals surface area contributed by atoms with E-state index in [0.29, 0.717) is 11.8 Å². The Bertz CT molecular complexity index is 331. The van der Waals surface area contributed by atoms with Gasteiger partial charge in [-0.05, 0) is 25.7 Å². The zero-order valence-corrected chi connectivity index (χ0v) is 8.72. The molecule has 3 rings (SSSR count). The lowest BCUT2D eigenvalue weighted by atomic mass is 9.85. The molecule has 14 heavy (non-hydrogen) atoms. The monoisotopic (exact) mass is 215 g/mol. The predicted molar refractivity (Wildman–Crippen MR) is 53.2 cm³/mol. The molecule has 1 aromatic rings. The first kappa shape index (κ1) is 9.93. The fourth-order valence-corrected chi connectivity index (χ4v) is 1.62. The van der Waals surface area contributed by atoms with Gasteiger partial charge in [0.05, 0.1) is 5.54 Å². The van der Waals surface area contributed by atoms with Crippen LogP contribution in [0, 0.1) is 0 Å². The second kappa shape index (κ2) is 3.21. The molecule has 0 aliphatic heterocycles. The van der Waals surface area contributed by atoms with Crippen LogP contribution in [0.1, 0.15) is 49.7 Å². The number of rotatable bonds is 2. The van der Waals surface area contributed by atoms with Crippen molar-refractivity contribution >= 4 is 12.4 Å². The summed E-state index contributed by atoms with van der Waals surface area (Å²) in [4.78, 5) is 4.36. The molecule has 1 heterocycles. The molecule has 2 aliphatic carbocycles. The number of nitrogens with zero attached hydrogens (tertiary/aromatic N) is 2. The van der Waals surface area contributed by atoms with Crippen molar-refractivity contribution in [1.29, 1.82) is 0 Å². The summed E-state index contributed by atoms with van der Waals surface area (Å²) in [5.74, 6) is 2.06. The van der Waals surface area contributed by atoms with Gasteiger partial charge in [0.2, 0.25) is 5.89 Å². The smallest absolute Gasteiger partial charge is 0.246 e. The Kier molecular flexibility index (Phi) is 2.27. The molecule has 0 unspecified atom stereocenters. The summed E-state index contributed by atoms with van der Waals surface area (Å²) in [7, 11) is 0. The van der Waals surface area contributed by atoms with E-state index in [-0.39, 0.29) is 17.9 Å². The lowest BCUT2D eigenvalue weighted by Gasteiger charge is -2.20. The quantitative estimate of drug-likeness (QED) is 0.816. The largest absolute Gasteiger partial charge is 0.337 e. The zero-order valence-electron chi connectivity index (χ0n) is 7.90. The van der Waals surface area contributed by atoms with Crippen LogP contribution < -0.4 is 5.73 Å². The molecule has 2 saturated carbocycles. The van der Waals surface area contributed by atoms with Crippen LogP contribution in [0.4, 0.5) is 0 Å². The predicted octanol–water partition coefficient (Wildman–Crippen LogP) is 1.71. The molecule has 4 nitrogen and oxygen atoms in total. The van der Waals surface area contributed by atoms with Crippen molar-refractivity contribution in [2.75, 3.05) is 0 Å². The fraction of sp³-hybridized carbons (Fsp3) is 0.778. The van der Waals surface area contributed by atoms with Gasteiger partial charge in [-0.15, -0.1) is 12.4 Å². The van der Waals surface area contributed by atoms with E-state index in [4.69, 9.17) is 10.3 Å². The normalized spacial score (nSPS) is 23.8. The Morgan fingerprint density at radius 1 is 1.36 bits per heavy atom. The third-order valence-electron chi connectivity index (χ3n) is 3.13. The maximum atomic E-state index is 5.94. The number of hydrogen-bond donors (Lipinski definition) is 1. The molecule has 0 amide bonds. The van der Waals surface area contributed by atoms with Gasteiger partial charge in [-0.1, -0.05) is 11.6 Å². The van der Waals surface area contributed by atoms with Gasteiger partial charge in [-0.25, -0.2) is 0 Å². The first-order valence-electron chi connectivity index (χ1n) is 4.91. The Balaban J connectivity index is 0.000000750.